The van der Waals surface area contributed by atoms with Crippen LogP contribution >= 0.6 is 0 Å². The van der Waals surface area contributed by atoms with Crippen LogP contribution < -0.4 is 18.9 Å². The second kappa shape index (κ2) is 9.67. The second-order valence-electron chi connectivity index (χ2n) is 8.88. The van der Waals surface area contributed by atoms with Gasteiger partial charge in [0.05, 0.1) is 19.3 Å². The topological polar surface area (TPSA) is 71.4 Å². The van der Waals surface area contributed by atoms with Crippen molar-refractivity contribution in [3.63, 3.8) is 0 Å². The van der Waals surface area contributed by atoms with E-state index in [0.29, 0.717) is 29.4 Å². The lowest BCUT2D eigenvalue weighted by molar-refractivity contribution is 0.0527. The molecule has 188 valence electrons. The highest BCUT2D eigenvalue weighted by Crippen LogP contribution is 2.49. The molecule has 0 N–H and O–H groups in total. The van der Waals surface area contributed by atoms with E-state index in [0.717, 1.165) is 46.4 Å². The van der Waals surface area contributed by atoms with Crippen LogP contribution in [0.4, 0.5) is 0 Å². The number of esters is 1. The van der Waals surface area contributed by atoms with E-state index in [1.165, 1.54) is 0 Å². The Bertz CT molecular complexity index is 1400. The number of hydrogen-bond acceptors (Lipinski definition) is 7. The summed E-state index contributed by atoms with van der Waals surface area (Å²) in [6.07, 6.45) is 0.882. The van der Waals surface area contributed by atoms with E-state index in [2.05, 4.69) is 23.8 Å². The SMILES string of the molecule is CCOC(=O)c1c(C)n(C)c2ccc(OCC#CC3c4c(cc5c(c4OC)OCO5)CCN3C)cc12. The number of aryl methyl sites for hydroxylation is 1. The van der Waals surface area contributed by atoms with E-state index < -0.39 is 0 Å². The number of ether oxygens (including phenoxy) is 5. The summed E-state index contributed by atoms with van der Waals surface area (Å²) in [5.41, 5.74) is 4.54. The summed E-state index contributed by atoms with van der Waals surface area (Å²) in [5, 5.41) is 0.806. The van der Waals surface area contributed by atoms with Crippen molar-refractivity contribution >= 4 is 16.9 Å². The smallest absolute Gasteiger partial charge is 0.340 e. The van der Waals surface area contributed by atoms with Crippen LogP contribution in [0.2, 0.25) is 0 Å². The fourth-order valence-electron chi connectivity index (χ4n) is 4.97. The largest absolute Gasteiger partial charge is 0.492 e. The van der Waals surface area contributed by atoms with Crippen LogP contribution in [0.3, 0.4) is 0 Å². The van der Waals surface area contributed by atoms with Crippen molar-refractivity contribution in [1.29, 1.82) is 0 Å². The molecule has 0 saturated carbocycles. The molecule has 0 fully saturated rings. The minimum absolute atomic E-state index is 0.156. The predicted octanol–water partition coefficient (Wildman–Crippen LogP) is 4.01. The number of aromatic nitrogens is 1. The highest BCUT2D eigenvalue weighted by atomic mass is 16.7. The lowest BCUT2D eigenvalue weighted by atomic mass is 9.91. The third-order valence-electron chi connectivity index (χ3n) is 6.89. The minimum Gasteiger partial charge on any atom is -0.492 e. The van der Waals surface area contributed by atoms with E-state index in [9.17, 15) is 4.79 Å². The molecular weight excluding hydrogens is 460 g/mol. The lowest BCUT2D eigenvalue weighted by Gasteiger charge is -2.32. The summed E-state index contributed by atoms with van der Waals surface area (Å²) in [4.78, 5) is 14.8. The van der Waals surface area contributed by atoms with E-state index in [-0.39, 0.29) is 25.4 Å². The normalized spacial score (nSPS) is 16.3. The van der Waals surface area contributed by atoms with Gasteiger partial charge in [-0.3, -0.25) is 4.90 Å². The van der Waals surface area contributed by atoms with Gasteiger partial charge in [0, 0.05) is 35.8 Å². The number of carbonyl (C=O) groups excluding carboxylic acids is 1. The van der Waals surface area contributed by atoms with Crippen LogP contribution in [0.1, 0.15) is 40.1 Å². The van der Waals surface area contributed by atoms with Gasteiger partial charge in [-0.25, -0.2) is 4.79 Å². The molecule has 8 heteroatoms. The van der Waals surface area contributed by atoms with E-state index in [1.54, 1.807) is 14.0 Å². The zero-order valence-electron chi connectivity index (χ0n) is 21.3. The Hall–Kier alpha value is -3.83. The molecule has 2 aliphatic rings. The molecule has 0 spiro atoms. The summed E-state index contributed by atoms with van der Waals surface area (Å²) in [6.45, 7) is 5.31. The molecule has 0 bridgehead atoms. The van der Waals surface area contributed by atoms with E-state index in [4.69, 9.17) is 23.7 Å². The monoisotopic (exact) mass is 490 g/mol. The second-order valence-corrected chi connectivity index (χ2v) is 8.88. The Morgan fingerprint density at radius 1 is 1.22 bits per heavy atom. The molecule has 1 unspecified atom stereocenters. The van der Waals surface area contributed by atoms with Crippen LogP contribution in [0.5, 0.6) is 23.0 Å². The zero-order valence-corrected chi connectivity index (χ0v) is 21.3. The number of hydrogen-bond donors (Lipinski definition) is 0. The first kappa shape index (κ1) is 23.9. The standard InChI is InChI=1S/C28H30N2O6/c1-6-33-28(31)24-17(2)30(4)21-10-9-19(15-20(21)24)34-13-7-8-22-25-18(11-12-29(22)3)14-23-26(27(25)32-5)36-16-35-23/h9-10,14-15,22H,6,11-13,16H2,1-5H3. The number of methoxy groups -OCH3 is 1. The van der Waals surface area contributed by atoms with Crippen molar-refractivity contribution in [3.8, 4) is 34.8 Å². The number of fused-ring (bicyclic) bond motifs is 3. The first-order chi connectivity index (χ1) is 17.4. The Morgan fingerprint density at radius 3 is 2.83 bits per heavy atom. The summed E-state index contributed by atoms with van der Waals surface area (Å²) < 4.78 is 30.2. The molecule has 0 saturated heterocycles. The summed E-state index contributed by atoms with van der Waals surface area (Å²) in [7, 11) is 5.63. The number of likely N-dealkylation sites (N-methyl/N-ethyl adjacent to an activating group) is 1. The molecule has 0 aliphatic carbocycles. The molecule has 0 radical (unpaired) electrons. The van der Waals surface area contributed by atoms with Gasteiger partial charge in [0.15, 0.2) is 11.5 Å². The molecule has 1 atom stereocenters. The van der Waals surface area contributed by atoms with Crippen LogP contribution in [0.25, 0.3) is 10.9 Å². The predicted molar refractivity (Wildman–Crippen MR) is 135 cm³/mol. The van der Waals surface area contributed by atoms with Crippen molar-refractivity contribution in [1.82, 2.24) is 9.47 Å². The summed E-state index contributed by atoms with van der Waals surface area (Å²) in [5.74, 6) is 8.89. The zero-order chi connectivity index (χ0) is 25.4. The van der Waals surface area contributed by atoms with Gasteiger partial charge in [0.1, 0.15) is 18.4 Å². The lowest BCUT2D eigenvalue weighted by Crippen LogP contribution is -2.31. The highest BCUT2D eigenvalue weighted by molar-refractivity contribution is 6.06. The van der Waals surface area contributed by atoms with Crippen molar-refractivity contribution in [2.45, 2.75) is 26.3 Å². The van der Waals surface area contributed by atoms with E-state index in [1.807, 2.05) is 42.8 Å². The third-order valence-corrected chi connectivity index (χ3v) is 6.89. The molecule has 36 heavy (non-hydrogen) atoms. The van der Waals surface area contributed by atoms with Crippen LogP contribution in [-0.4, -0.2) is 56.1 Å². The number of carbonyl (C=O) groups is 1. The van der Waals surface area contributed by atoms with Gasteiger partial charge in [-0.15, -0.1) is 0 Å². The molecule has 2 aliphatic heterocycles. The molecule has 1 aromatic heterocycles. The molecule has 0 amide bonds. The van der Waals surface area contributed by atoms with Crippen molar-refractivity contribution in [2.24, 2.45) is 7.05 Å². The fourth-order valence-corrected chi connectivity index (χ4v) is 4.97. The molecule has 8 nitrogen and oxygen atoms in total. The Morgan fingerprint density at radius 2 is 2.06 bits per heavy atom. The maximum atomic E-state index is 12.6. The first-order valence-corrected chi connectivity index (χ1v) is 12.0. The van der Waals surface area contributed by atoms with Gasteiger partial charge in [0.25, 0.3) is 0 Å². The van der Waals surface area contributed by atoms with E-state index >= 15 is 0 Å². The molecule has 3 aromatic rings. The Kier molecular flexibility index (Phi) is 6.42. The van der Waals surface area contributed by atoms with Gasteiger partial charge in [-0.05, 0) is 57.1 Å². The minimum atomic E-state index is -0.327. The van der Waals surface area contributed by atoms with Gasteiger partial charge >= 0.3 is 5.97 Å². The number of nitrogens with zero attached hydrogens (tertiary/aromatic N) is 2. The van der Waals surface area contributed by atoms with Crippen molar-refractivity contribution in [2.75, 3.05) is 40.7 Å². The summed E-state index contributed by atoms with van der Waals surface area (Å²) in [6, 6.07) is 7.60. The number of benzene rings is 2. The highest BCUT2D eigenvalue weighted by Gasteiger charge is 2.33. The molecule has 5 rings (SSSR count). The molecule has 3 heterocycles. The maximum absolute atomic E-state index is 12.6. The fraction of sp³-hybridized carbons (Fsp3) is 0.393. The van der Waals surface area contributed by atoms with Gasteiger partial charge in [0.2, 0.25) is 12.5 Å². The maximum Gasteiger partial charge on any atom is 0.340 e. The average molecular weight is 491 g/mol. The third kappa shape index (κ3) is 3.99. The van der Waals surface area contributed by atoms with Crippen LogP contribution in [-0.2, 0) is 18.2 Å². The van der Waals surface area contributed by atoms with Crippen molar-refractivity contribution in [3.05, 3.63) is 46.6 Å². The molecular formula is C28H30N2O6. The first-order valence-electron chi connectivity index (χ1n) is 12.0. The van der Waals surface area contributed by atoms with Crippen LogP contribution in [0, 0.1) is 18.8 Å². The Balaban J connectivity index is 1.39. The van der Waals surface area contributed by atoms with Gasteiger partial charge in [-0.2, -0.15) is 0 Å². The van der Waals surface area contributed by atoms with Crippen LogP contribution in [0.15, 0.2) is 24.3 Å². The van der Waals surface area contributed by atoms with Gasteiger partial charge in [-0.1, -0.05) is 11.8 Å². The Labute approximate surface area is 210 Å². The van der Waals surface area contributed by atoms with Gasteiger partial charge < -0.3 is 28.3 Å². The number of rotatable bonds is 5. The summed E-state index contributed by atoms with van der Waals surface area (Å²) >= 11 is 0. The van der Waals surface area contributed by atoms with Crippen molar-refractivity contribution < 1.29 is 28.5 Å². The average Bonchev–Trinajstić information content (AvgIpc) is 3.43. The quantitative estimate of drug-likeness (QED) is 0.395. The molecule has 2 aromatic carbocycles.